The summed E-state index contributed by atoms with van der Waals surface area (Å²) < 4.78 is 0. The SMILES string of the molecule is C=C=C(CC1=CC=CCC1)C1(C)CCC[C@H]1C(=O)NC\C=C/C(=C\C=C)/C=C/C1C=CC(C)=C1. The Morgan fingerprint density at radius 2 is 2.21 bits per heavy atom. The van der Waals surface area contributed by atoms with E-state index in [0.717, 1.165) is 44.1 Å². The molecule has 2 nitrogen and oxygen atoms in total. The molecule has 3 aliphatic carbocycles. The lowest BCUT2D eigenvalue weighted by molar-refractivity contribution is -0.127. The quantitative estimate of drug-likeness (QED) is 0.267. The van der Waals surface area contributed by atoms with Gasteiger partial charge in [0.2, 0.25) is 5.91 Å². The molecule has 0 heterocycles. The van der Waals surface area contributed by atoms with Crippen LogP contribution in [-0.2, 0) is 4.79 Å². The lowest BCUT2D eigenvalue weighted by atomic mass is 9.71. The second-order valence-corrected chi connectivity index (χ2v) is 9.74. The fourth-order valence-corrected chi connectivity index (χ4v) is 5.24. The van der Waals surface area contributed by atoms with E-state index in [1.54, 1.807) is 6.08 Å². The number of carbonyl (C=O) groups is 1. The van der Waals surface area contributed by atoms with E-state index in [4.69, 9.17) is 0 Å². The summed E-state index contributed by atoms with van der Waals surface area (Å²) in [6, 6.07) is 0. The second kappa shape index (κ2) is 12.4. The van der Waals surface area contributed by atoms with Crippen molar-refractivity contribution in [3.8, 4) is 0 Å². The van der Waals surface area contributed by atoms with E-state index in [1.807, 2.05) is 18.2 Å². The third kappa shape index (κ3) is 6.72. The summed E-state index contributed by atoms with van der Waals surface area (Å²) in [6.07, 6.45) is 31.3. The first-order valence-electron chi connectivity index (χ1n) is 12.5. The molecule has 1 amide bonds. The van der Waals surface area contributed by atoms with Crippen LogP contribution in [0.3, 0.4) is 0 Å². The molecular formula is C32H39NO. The van der Waals surface area contributed by atoms with Crippen molar-refractivity contribution >= 4 is 5.91 Å². The Morgan fingerprint density at radius 1 is 1.35 bits per heavy atom. The van der Waals surface area contributed by atoms with Crippen molar-refractivity contribution < 1.29 is 4.79 Å². The Hall–Kier alpha value is -3.09. The third-order valence-electron chi connectivity index (χ3n) is 7.24. The highest BCUT2D eigenvalue weighted by Gasteiger charge is 2.45. The topological polar surface area (TPSA) is 29.1 Å². The monoisotopic (exact) mass is 453 g/mol. The van der Waals surface area contributed by atoms with Crippen molar-refractivity contribution in [1.29, 1.82) is 0 Å². The van der Waals surface area contributed by atoms with Gasteiger partial charge >= 0.3 is 0 Å². The molecule has 0 saturated heterocycles. The van der Waals surface area contributed by atoms with Crippen molar-refractivity contribution in [3.05, 3.63) is 114 Å². The van der Waals surface area contributed by atoms with Gasteiger partial charge in [0.05, 0.1) is 0 Å². The molecule has 3 atom stereocenters. The normalized spacial score (nSPS) is 26.6. The Morgan fingerprint density at radius 3 is 2.88 bits per heavy atom. The van der Waals surface area contributed by atoms with E-state index >= 15 is 0 Å². The summed E-state index contributed by atoms with van der Waals surface area (Å²) in [5, 5.41) is 3.15. The van der Waals surface area contributed by atoms with Gasteiger partial charge in [-0.25, -0.2) is 0 Å². The van der Waals surface area contributed by atoms with Gasteiger partial charge in [-0.3, -0.25) is 4.79 Å². The van der Waals surface area contributed by atoms with Gasteiger partial charge in [0.1, 0.15) is 0 Å². The van der Waals surface area contributed by atoms with E-state index in [9.17, 15) is 4.79 Å². The van der Waals surface area contributed by atoms with Gasteiger partial charge in [-0.15, -0.1) is 5.73 Å². The predicted octanol–water partition coefficient (Wildman–Crippen LogP) is 7.64. The van der Waals surface area contributed by atoms with Crippen molar-refractivity contribution in [1.82, 2.24) is 5.32 Å². The van der Waals surface area contributed by atoms with Gasteiger partial charge in [0, 0.05) is 23.8 Å². The maximum absolute atomic E-state index is 13.2. The average Bonchev–Trinajstić information content (AvgIpc) is 3.44. The number of carbonyl (C=O) groups excluding carboxylic acids is 1. The highest BCUT2D eigenvalue weighted by molar-refractivity contribution is 5.80. The molecule has 1 fully saturated rings. The van der Waals surface area contributed by atoms with Gasteiger partial charge in [-0.1, -0.05) is 111 Å². The van der Waals surface area contributed by atoms with Gasteiger partial charge < -0.3 is 5.32 Å². The van der Waals surface area contributed by atoms with E-state index in [-0.39, 0.29) is 17.2 Å². The Kier molecular flexibility index (Phi) is 9.31. The first-order valence-corrected chi connectivity index (χ1v) is 12.5. The molecule has 2 heteroatoms. The molecule has 2 unspecified atom stereocenters. The highest BCUT2D eigenvalue weighted by Crippen LogP contribution is 2.50. The van der Waals surface area contributed by atoms with Crippen molar-refractivity contribution in [3.63, 3.8) is 0 Å². The molecular weight excluding hydrogens is 414 g/mol. The number of nitrogens with one attached hydrogen (secondary N) is 1. The molecule has 0 aromatic carbocycles. The molecule has 0 aromatic rings. The molecule has 178 valence electrons. The number of amides is 1. The zero-order valence-corrected chi connectivity index (χ0v) is 20.9. The predicted molar refractivity (Wildman–Crippen MR) is 145 cm³/mol. The van der Waals surface area contributed by atoms with Crippen LogP contribution in [-0.4, -0.2) is 12.5 Å². The fraction of sp³-hybridized carbons (Fsp3) is 0.375. The number of hydrogen-bond donors (Lipinski definition) is 1. The summed E-state index contributed by atoms with van der Waals surface area (Å²) in [7, 11) is 0. The summed E-state index contributed by atoms with van der Waals surface area (Å²) in [6.45, 7) is 12.7. The van der Waals surface area contributed by atoms with Crippen LogP contribution in [0, 0.1) is 17.3 Å². The highest BCUT2D eigenvalue weighted by atomic mass is 16.1. The van der Waals surface area contributed by atoms with Crippen LogP contribution in [0.2, 0.25) is 0 Å². The standard InChI is InChI=1S/C32H39NO/c1-5-12-26(19-20-28-18-17-25(3)23-28)15-11-22-33-31(34)30-16-10-21-32(30,4)29(6-2)24-27-13-8-7-9-14-27/h5,7-8,11-13,15,17-20,23,28,30H,1-2,9-10,14,16,21-22,24H2,3-4H3,(H,33,34)/b15-11-,20-19+,26-12+/t28?,30-,32?/m0/s1. The Labute approximate surface area is 206 Å². The largest absolute Gasteiger partial charge is 0.352 e. The number of rotatable bonds is 10. The van der Waals surface area contributed by atoms with Gasteiger partial charge in [0.15, 0.2) is 0 Å². The summed E-state index contributed by atoms with van der Waals surface area (Å²) in [5.41, 5.74) is 8.02. The van der Waals surface area contributed by atoms with Crippen molar-refractivity contribution in [2.75, 3.05) is 6.54 Å². The number of allylic oxidation sites excluding steroid dienone is 15. The minimum Gasteiger partial charge on any atom is -0.352 e. The minimum absolute atomic E-state index is 0.0304. The Balaban J connectivity index is 1.58. The molecule has 3 rings (SSSR count). The number of hydrogen-bond acceptors (Lipinski definition) is 1. The van der Waals surface area contributed by atoms with E-state index in [2.05, 4.69) is 86.7 Å². The van der Waals surface area contributed by atoms with Crippen LogP contribution < -0.4 is 5.32 Å². The molecule has 34 heavy (non-hydrogen) atoms. The molecule has 3 aliphatic rings. The third-order valence-corrected chi connectivity index (χ3v) is 7.24. The Bertz CT molecular complexity index is 1030. The van der Waals surface area contributed by atoms with Gasteiger partial charge in [-0.05, 0) is 50.2 Å². The molecule has 0 bridgehead atoms. The van der Waals surface area contributed by atoms with Crippen LogP contribution in [0.15, 0.2) is 114 Å². The van der Waals surface area contributed by atoms with Crippen LogP contribution >= 0.6 is 0 Å². The van der Waals surface area contributed by atoms with Crippen molar-refractivity contribution in [2.45, 2.75) is 52.4 Å². The second-order valence-electron chi connectivity index (χ2n) is 9.74. The zero-order valence-electron chi connectivity index (χ0n) is 20.9. The summed E-state index contributed by atoms with van der Waals surface area (Å²) >= 11 is 0. The van der Waals surface area contributed by atoms with E-state index in [0.29, 0.717) is 12.5 Å². The van der Waals surface area contributed by atoms with Crippen LogP contribution in [0.1, 0.15) is 52.4 Å². The smallest absolute Gasteiger partial charge is 0.224 e. The van der Waals surface area contributed by atoms with E-state index in [1.165, 1.54) is 16.7 Å². The maximum Gasteiger partial charge on any atom is 0.224 e. The molecule has 1 saturated carbocycles. The summed E-state index contributed by atoms with van der Waals surface area (Å²) in [4.78, 5) is 13.2. The van der Waals surface area contributed by atoms with Crippen LogP contribution in [0.5, 0.6) is 0 Å². The lowest BCUT2D eigenvalue weighted by Crippen LogP contribution is -2.38. The fourth-order valence-electron chi connectivity index (χ4n) is 5.24. The molecule has 0 aliphatic heterocycles. The molecule has 0 aromatic heterocycles. The average molecular weight is 454 g/mol. The maximum atomic E-state index is 13.2. The first-order chi connectivity index (χ1) is 16.5. The van der Waals surface area contributed by atoms with Crippen LogP contribution in [0.25, 0.3) is 0 Å². The summed E-state index contributed by atoms with van der Waals surface area (Å²) in [5.74, 6) is 0.447. The lowest BCUT2D eigenvalue weighted by Gasteiger charge is -2.33. The van der Waals surface area contributed by atoms with Crippen LogP contribution in [0.4, 0.5) is 0 Å². The van der Waals surface area contributed by atoms with Crippen molar-refractivity contribution in [2.24, 2.45) is 17.3 Å². The first kappa shape index (κ1) is 25.5. The minimum atomic E-state index is -0.172. The zero-order chi connectivity index (χ0) is 24.4. The molecule has 0 radical (unpaired) electrons. The van der Waals surface area contributed by atoms with Gasteiger partial charge in [-0.2, -0.15) is 0 Å². The van der Waals surface area contributed by atoms with E-state index < -0.39 is 0 Å². The molecule has 0 spiro atoms. The van der Waals surface area contributed by atoms with Gasteiger partial charge in [0.25, 0.3) is 0 Å². The molecule has 1 N–H and O–H groups in total.